The second-order valence-corrected chi connectivity index (χ2v) is 2.41. The highest BCUT2D eigenvalue weighted by atomic mass is 16.5. The van der Waals surface area contributed by atoms with Crippen LogP contribution in [0.2, 0.25) is 0 Å². The van der Waals surface area contributed by atoms with Crippen LogP contribution in [0, 0.1) is 0 Å². The number of aromatic nitrogens is 1. The fraction of sp³-hybridized carbons (Fsp3) is 0.375. The normalized spacial score (nSPS) is 12.6. The molecule has 4 nitrogen and oxygen atoms in total. The number of hydrogen-bond acceptors (Lipinski definition) is 4. The zero-order valence-corrected chi connectivity index (χ0v) is 6.90. The smallest absolute Gasteiger partial charge is 0.137 e. The molecule has 0 radical (unpaired) electrons. The minimum atomic E-state index is -0.407. The Balaban J connectivity index is 2.77. The second kappa shape index (κ2) is 4.04. The Morgan fingerprint density at radius 1 is 1.67 bits per heavy atom. The average molecular weight is 168 g/mol. The average Bonchev–Trinajstić information content (AvgIpc) is 2.17. The quantitative estimate of drug-likeness (QED) is 0.670. The molecule has 0 spiro atoms. The van der Waals surface area contributed by atoms with Crippen LogP contribution in [0.1, 0.15) is 11.7 Å². The standard InChI is InChI=1S/C8H12N2O2/c1-12-6-2-3-8(10-4-6)7(9)5-11/h2-4,7,11H,5,9H2,1H3/t7-/m1/s1. The van der Waals surface area contributed by atoms with Gasteiger partial charge < -0.3 is 15.6 Å². The highest BCUT2D eigenvalue weighted by molar-refractivity contribution is 5.21. The molecule has 0 aliphatic heterocycles. The lowest BCUT2D eigenvalue weighted by molar-refractivity contribution is 0.265. The van der Waals surface area contributed by atoms with Crippen molar-refractivity contribution in [3.63, 3.8) is 0 Å². The maximum atomic E-state index is 8.72. The third-order valence-corrected chi connectivity index (χ3v) is 1.57. The Kier molecular flexibility index (Phi) is 3.01. The van der Waals surface area contributed by atoms with Gasteiger partial charge in [-0.25, -0.2) is 0 Å². The van der Waals surface area contributed by atoms with Crippen molar-refractivity contribution in [3.8, 4) is 5.75 Å². The number of methoxy groups -OCH3 is 1. The van der Waals surface area contributed by atoms with Crippen LogP contribution in [0.25, 0.3) is 0 Å². The maximum Gasteiger partial charge on any atom is 0.137 e. The third kappa shape index (κ3) is 1.93. The summed E-state index contributed by atoms with van der Waals surface area (Å²) in [6, 6.07) is 3.09. The van der Waals surface area contributed by atoms with E-state index in [1.165, 1.54) is 0 Å². The molecule has 0 aliphatic carbocycles. The largest absolute Gasteiger partial charge is 0.495 e. The van der Waals surface area contributed by atoms with Gasteiger partial charge in [0.15, 0.2) is 0 Å². The summed E-state index contributed by atoms with van der Waals surface area (Å²) in [6.07, 6.45) is 1.57. The lowest BCUT2D eigenvalue weighted by Gasteiger charge is -2.07. The number of aliphatic hydroxyl groups is 1. The van der Waals surface area contributed by atoms with Crippen molar-refractivity contribution in [2.45, 2.75) is 6.04 Å². The first kappa shape index (κ1) is 8.96. The van der Waals surface area contributed by atoms with E-state index in [1.807, 2.05) is 0 Å². The highest BCUT2D eigenvalue weighted by Crippen LogP contribution is 2.11. The van der Waals surface area contributed by atoms with Crippen LogP contribution < -0.4 is 10.5 Å². The SMILES string of the molecule is COc1ccc([C@H](N)CO)nc1. The molecule has 1 heterocycles. The number of rotatable bonds is 3. The van der Waals surface area contributed by atoms with Crippen LogP contribution in [0.15, 0.2) is 18.3 Å². The van der Waals surface area contributed by atoms with Gasteiger partial charge in [-0.2, -0.15) is 0 Å². The molecule has 0 saturated carbocycles. The van der Waals surface area contributed by atoms with Crippen LogP contribution in [-0.4, -0.2) is 23.8 Å². The first-order valence-electron chi connectivity index (χ1n) is 3.64. The molecule has 0 bridgehead atoms. The lowest BCUT2D eigenvalue weighted by atomic mass is 10.2. The van der Waals surface area contributed by atoms with E-state index in [1.54, 1.807) is 25.4 Å². The van der Waals surface area contributed by atoms with Gasteiger partial charge in [-0.15, -0.1) is 0 Å². The van der Waals surface area contributed by atoms with Crippen LogP contribution in [0.4, 0.5) is 0 Å². The molecule has 0 aliphatic rings. The van der Waals surface area contributed by atoms with E-state index >= 15 is 0 Å². The van der Waals surface area contributed by atoms with Gasteiger partial charge in [-0.3, -0.25) is 4.98 Å². The molecule has 66 valence electrons. The molecule has 1 atom stereocenters. The summed E-state index contributed by atoms with van der Waals surface area (Å²) >= 11 is 0. The van der Waals surface area contributed by atoms with Gasteiger partial charge in [0.05, 0.1) is 31.6 Å². The summed E-state index contributed by atoms with van der Waals surface area (Å²) in [5, 5.41) is 8.72. The summed E-state index contributed by atoms with van der Waals surface area (Å²) < 4.78 is 4.92. The first-order chi connectivity index (χ1) is 5.77. The Morgan fingerprint density at radius 2 is 2.42 bits per heavy atom. The number of aliphatic hydroxyl groups excluding tert-OH is 1. The van der Waals surface area contributed by atoms with E-state index in [0.29, 0.717) is 11.4 Å². The van der Waals surface area contributed by atoms with Crippen molar-refractivity contribution in [2.75, 3.05) is 13.7 Å². The first-order valence-corrected chi connectivity index (χ1v) is 3.64. The number of ether oxygens (including phenoxy) is 1. The van der Waals surface area contributed by atoms with Crippen LogP contribution in [0.3, 0.4) is 0 Å². The molecule has 12 heavy (non-hydrogen) atoms. The number of pyridine rings is 1. The van der Waals surface area contributed by atoms with E-state index in [-0.39, 0.29) is 6.61 Å². The molecule has 0 fully saturated rings. The van der Waals surface area contributed by atoms with Gasteiger partial charge in [0.25, 0.3) is 0 Å². The molecule has 0 saturated heterocycles. The van der Waals surface area contributed by atoms with Crippen molar-refractivity contribution >= 4 is 0 Å². The molecule has 0 amide bonds. The summed E-state index contributed by atoms with van der Waals surface area (Å²) in [5.41, 5.74) is 6.20. The van der Waals surface area contributed by atoms with Crippen molar-refractivity contribution in [1.29, 1.82) is 0 Å². The van der Waals surface area contributed by atoms with Crippen LogP contribution in [0.5, 0.6) is 5.75 Å². The van der Waals surface area contributed by atoms with Gasteiger partial charge >= 0.3 is 0 Å². The molecule has 1 aromatic heterocycles. The molecule has 3 N–H and O–H groups in total. The fourth-order valence-corrected chi connectivity index (χ4v) is 0.825. The third-order valence-electron chi connectivity index (χ3n) is 1.57. The van der Waals surface area contributed by atoms with E-state index in [2.05, 4.69) is 4.98 Å². The predicted octanol–water partition coefficient (Wildman–Crippen LogP) is 0.0823. The fourth-order valence-electron chi connectivity index (χ4n) is 0.825. The maximum absolute atomic E-state index is 8.72. The van der Waals surface area contributed by atoms with Crippen molar-refractivity contribution in [3.05, 3.63) is 24.0 Å². The Hall–Kier alpha value is -1.13. The number of nitrogens with zero attached hydrogens (tertiary/aromatic N) is 1. The topological polar surface area (TPSA) is 68.4 Å². The molecular formula is C8H12N2O2. The van der Waals surface area contributed by atoms with E-state index in [9.17, 15) is 0 Å². The van der Waals surface area contributed by atoms with Crippen LogP contribution in [-0.2, 0) is 0 Å². The van der Waals surface area contributed by atoms with E-state index in [4.69, 9.17) is 15.6 Å². The summed E-state index contributed by atoms with van der Waals surface area (Å²) in [4.78, 5) is 4.01. The van der Waals surface area contributed by atoms with Crippen molar-refractivity contribution < 1.29 is 9.84 Å². The van der Waals surface area contributed by atoms with Crippen molar-refractivity contribution in [2.24, 2.45) is 5.73 Å². The molecule has 0 aromatic carbocycles. The summed E-state index contributed by atoms with van der Waals surface area (Å²) in [5.74, 6) is 0.684. The predicted molar refractivity (Wildman–Crippen MR) is 44.8 cm³/mol. The van der Waals surface area contributed by atoms with Gasteiger partial charge in [-0.05, 0) is 12.1 Å². The Morgan fingerprint density at radius 3 is 2.83 bits per heavy atom. The second-order valence-electron chi connectivity index (χ2n) is 2.41. The molecule has 1 rings (SSSR count). The van der Waals surface area contributed by atoms with E-state index in [0.717, 1.165) is 0 Å². The van der Waals surface area contributed by atoms with Crippen LogP contribution >= 0.6 is 0 Å². The van der Waals surface area contributed by atoms with Gasteiger partial charge in [0, 0.05) is 0 Å². The summed E-state index contributed by atoms with van der Waals surface area (Å²) in [7, 11) is 1.57. The number of nitrogens with two attached hydrogens (primary N) is 1. The molecule has 1 aromatic rings. The minimum Gasteiger partial charge on any atom is -0.495 e. The van der Waals surface area contributed by atoms with E-state index < -0.39 is 6.04 Å². The number of hydrogen-bond donors (Lipinski definition) is 2. The van der Waals surface area contributed by atoms with Gasteiger partial charge in [0.1, 0.15) is 5.75 Å². The molecule has 4 heteroatoms. The Labute approximate surface area is 71.0 Å². The van der Waals surface area contributed by atoms with Gasteiger partial charge in [-0.1, -0.05) is 0 Å². The lowest BCUT2D eigenvalue weighted by Crippen LogP contribution is -2.15. The summed E-state index contributed by atoms with van der Waals surface area (Å²) in [6.45, 7) is -0.0979. The molecule has 0 unspecified atom stereocenters. The monoisotopic (exact) mass is 168 g/mol. The Bertz CT molecular complexity index is 235. The zero-order chi connectivity index (χ0) is 8.97. The van der Waals surface area contributed by atoms with Gasteiger partial charge in [0.2, 0.25) is 0 Å². The van der Waals surface area contributed by atoms with Crippen molar-refractivity contribution in [1.82, 2.24) is 4.98 Å². The highest BCUT2D eigenvalue weighted by Gasteiger charge is 2.04. The minimum absolute atomic E-state index is 0.0979. The molecular weight excluding hydrogens is 156 g/mol. The zero-order valence-electron chi connectivity index (χ0n) is 6.90.